The number of hydrogen-bond acceptors (Lipinski definition) is 5. The van der Waals surface area contributed by atoms with Crippen LogP contribution in [0.1, 0.15) is 16.4 Å². The molecule has 0 unspecified atom stereocenters. The van der Waals surface area contributed by atoms with Gasteiger partial charge in [0.2, 0.25) is 5.95 Å². The molecule has 0 saturated carbocycles. The van der Waals surface area contributed by atoms with Gasteiger partial charge in [-0.25, -0.2) is 4.98 Å². The van der Waals surface area contributed by atoms with Crippen molar-refractivity contribution in [3.8, 4) is 28.7 Å². The Bertz CT molecular complexity index is 3440. The molecule has 10 rings (SSSR count). The summed E-state index contributed by atoms with van der Waals surface area (Å²) in [5.41, 5.74) is 1.18. The molecule has 0 bridgehead atoms. The molecule has 45 heavy (non-hydrogen) atoms. The van der Waals surface area contributed by atoms with Crippen molar-refractivity contribution in [2.45, 2.75) is 0 Å². The summed E-state index contributed by atoms with van der Waals surface area (Å²) >= 11 is 0. The standard InChI is InChI=1S/C39H22N4O2/c1-2-11-23(12-3-1)37-40-38(29-17-10-16-26-24-13-5-8-19-32(24)44-35(26)29)42-39(41-37)43-30-18-7-4-15-28(30)34-31(43)22-21-27-25-14-6-9-20-33(25)45-36(27)34/h1-22H/i1D,2D,3D,5D,8D,10D,11D,12D,13D,16D,17D,19D. The molecule has 0 saturated heterocycles. The van der Waals surface area contributed by atoms with E-state index in [-0.39, 0.29) is 50.7 Å². The molecule has 6 heteroatoms. The fourth-order valence-electron chi connectivity index (χ4n) is 5.99. The maximum atomic E-state index is 9.11. The SMILES string of the molecule is [2H]c1c([2H])c([2H])c(-c2nc(-c3c([2H])c([2H])c([2H])c4c3oc3c([2H])c([2H])c([2H])c([2H])c34)nc(-n3c4ccccc4c4c5oc6ccccc6c5ccc43)n2)c([2H])c1[2H]. The zero-order chi connectivity index (χ0) is 39.9. The van der Waals surface area contributed by atoms with Crippen LogP contribution in [0.5, 0.6) is 0 Å². The second-order valence-corrected chi connectivity index (χ2v) is 10.3. The Labute approximate surface area is 272 Å². The predicted octanol–water partition coefficient (Wildman–Crippen LogP) is 10.1. The van der Waals surface area contributed by atoms with Gasteiger partial charge in [0.15, 0.2) is 11.6 Å². The number of rotatable bonds is 3. The van der Waals surface area contributed by atoms with Crippen molar-refractivity contribution in [2.24, 2.45) is 0 Å². The Morgan fingerprint density at radius 3 is 2.20 bits per heavy atom. The Morgan fingerprint density at radius 2 is 1.27 bits per heavy atom. The predicted molar refractivity (Wildman–Crippen MR) is 180 cm³/mol. The highest BCUT2D eigenvalue weighted by Gasteiger charge is 2.22. The molecular formula is C39H22N4O2. The molecule has 0 aliphatic carbocycles. The second-order valence-electron chi connectivity index (χ2n) is 10.3. The van der Waals surface area contributed by atoms with E-state index in [1.54, 1.807) is 4.57 Å². The first-order valence-corrected chi connectivity index (χ1v) is 13.9. The monoisotopic (exact) mass is 590 g/mol. The van der Waals surface area contributed by atoms with E-state index in [1.807, 2.05) is 60.7 Å². The van der Waals surface area contributed by atoms with Gasteiger partial charge in [-0.15, -0.1) is 0 Å². The van der Waals surface area contributed by atoms with E-state index in [0.717, 1.165) is 16.2 Å². The molecule has 0 aliphatic heterocycles. The molecular weight excluding hydrogens is 556 g/mol. The molecule has 0 radical (unpaired) electrons. The molecule has 0 fully saturated rings. The first-order chi connectivity index (χ1) is 27.3. The summed E-state index contributed by atoms with van der Waals surface area (Å²) < 4.78 is 117. The minimum atomic E-state index is -0.644. The van der Waals surface area contributed by atoms with Crippen LogP contribution in [-0.4, -0.2) is 19.5 Å². The molecule has 0 amide bonds. The summed E-state index contributed by atoms with van der Waals surface area (Å²) in [6.45, 7) is 0. The first-order valence-electron chi connectivity index (χ1n) is 19.9. The van der Waals surface area contributed by atoms with Crippen molar-refractivity contribution in [2.75, 3.05) is 0 Å². The zero-order valence-corrected chi connectivity index (χ0v) is 22.9. The summed E-state index contributed by atoms with van der Waals surface area (Å²) in [5, 5.41) is 2.87. The van der Waals surface area contributed by atoms with Gasteiger partial charge in [-0.05, 0) is 36.4 Å². The molecule has 4 heterocycles. The van der Waals surface area contributed by atoms with Crippen LogP contribution in [0.2, 0.25) is 0 Å². The number of hydrogen-bond donors (Lipinski definition) is 0. The average molecular weight is 591 g/mol. The van der Waals surface area contributed by atoms with Gasteiger partial charge in [-0.3, -0.25) is 4.57 Å². The fraction of sp³-hybridized carbons (Fsp3) is 0. The van der Waals surface area contributed by atoms with Gasteiger partial charge in [0.05, 0.1) is 38.4 Å². The van der Waals surface area contributed by atoms with Crippen LogP contribution in [0.25, 0.3) is 94.4 Å². The van der Waals surface area contributed by atoms with Crippen LogP contribution in [0.3, 0.4) is 0 Å². The van der Waals surface area contributed by atoms with E-state index in [4.69, 9.17) is 35.3 Å². The van der Waals surface area contributed by atoms with E-state index in [9.17, 15) is 0 Å². The van der Waals surface area contributed by atoms with Gasteiger partial charge in [-0.2, -0.15) is 9.97 Å². The largest absolute Gasteiger partial charge is 0.455 e. The van der Waals surface area contributed by atoms with Crippen LogP contribution in [0, 0.1) is 0 Å². The van der Waals surface area contributed by atoms with Crippen LogP contribution >= 0.6 is 0 Å². The first kappa shape index (κ1) is 15.5. The van der Waals surface area contributed by atoms with E-state index >= 15 is 0 Å². The lowest BCUT2D eigenvalue weighted by Gasteiger charge is -2.11. The molecule has 6 aromatic carbocycles. The maximum Gasteiger partial charge on any atom is 0.238 e. The number of furan rings is 2. The highest BCUT2D eigenvalue weighted by molar-refractivity contribution is 6.23. The summed E-state index contributed by atoms with van der Waals surface area (Å²) in [4.78, 5) is 14.1. The smallest absolute Gasteiger partial charge is 0.238 e. The van der Waals surface area contributed by atoms with Crippen molar-refractivity contribution >= 4 is 65.7 Å². The summed E-state index contributed by atoms with van der Waals surface area (Å²) in [6, 6.07) is 11.7. The Balaban J connectivity index is 1.38. The minimum Gasteiger partial charge on any atom is -0.455 e. The van der Waals surface area contributed by atoms with E-state index in [0.29, 0.717) is 27.6 Å². The van der Waals surface area contributed by atoms with Gasteiger partial charge in [0.25, 0.3) is 0 Å². The quantitative estimate of drug-likeness (QED) is 0.205. The van der Waals surface area contributed by atoms with Crippen molar-refractivity contribution in [3.05, 3.63) is 133 Å². The number of benzene rings is 6. The average Bonchev–Trinajstić information content (AvgIpc) is 3.90. The number of nitrogens with zero attached hydrogens (tertiary/aromatic N) is 4. The number of aromatic nitrogens is 4. The molecule has 10 aromatic rings. The van der Waals surface area contributed by atoms with Gasteiger partial charge >= 0.3 is 0 Å². The highest BCUT2D eigenvalue weighted by Crippen LogP contribution is 2.41. The highest BCUT2D eigenvalue weighted by atomic mass is 16.3. The summed E-state index contributed by atoms with van der Waals surface area (Å²) in [5.74, 6) is -0.842. The van der Waals surface area contributed by atoms with Gasteiger partial charge in [0, 0.05) is 32.5 Å². The maximum absolute atomic E-state index is 9.11. The van der Waals surface area contributed by atoms with Crippen molar-refractivity contribution in [1.29, 1.82) is 0 Å². The van der Waals surface area contributed by atoms with Crippen molar-refractivity contribution in [1.82, 2.24) is 19.5 Å². The van der Waals surface area contributed by atoms with Crippen molar-refractivity contribution < 1.29 is 25.3 Å². The third-order valence-corrected chi connectivity index (χ3v) is 7.89. The topological polar surface area (TPSA) is 69.9 Å². The lowest BCUT2D eigenvalue weighted by atomic mass is 10.1. The fourth-order valence-corrected chi connectivity index (χ4v) is 5.99. The molecule has 210 valence electrons. The van der Waals surface area contributed by atoms with E-state index in [2.05, 4.69) is 4.98 Å². The Hall–Kier alpha value is -6.27. The van der Waals surface area contributed by atoms with Crippen LogP contribution in [0.4, 0.5) is 0 Å². The minimum absolute atomic E-state index is 0.113. The van der Waals surface area contributed by atoms with Crippen LogP contribution in [-0.2, 0) is 0 Å². The number of fused-ring (bicyclic) bond motifs is 10. The zero-order valence-electron chi connectivity index (χ0n) is 34.9. The third-order valence-electron chi connectivity index (χ3n) is 7.89. The molecule has 6 nitrogen and oxygen atoms in total. The van der Waals surface area contributed by atoms with Crippen molar-refractivity contribution in [3.63, 3.8) is 0 Å². The molecule has 0 spiro atoms. The second kappa shape index (κ2) is 9.11. The Kier molecular flexibility index (Phi) is 3.13. The van der Waals surface area contributed by atoms with E-state index in [1.165, 1.54) is 0 Å². The van der Waals surface area contributed by atoms with Gasteiger partial charge in [0.1, 0.15) is 22.3 Å². The molecule has 0 aliphatic rings. The van der Waals surface area contributed by atoms with Crippen LogP contribution < -0.4 is 0 Å². The van der Waals surface area contributed by atoms with E-state index < -0.39 is 72.5 Å². The number of para-hydroxylation sites is 4. The third kappa shape index (κ3) is 3.48. The summed E-state index contributed by atoms with van der Waals surface area (Å²) in [6.07, 6.45) is 0. The summed E-state index contributed by atoms with van der Waals surface area (Å²) in [7, 11) is 0. The molecule has 4 aromatic heterocycles. The Morgan fingerprint density at radius 1 is 0.511 bits per heavy atom. The normalized spacial score (nSPS) is 15.7. The van der Waals surface area contributed by atoms with Gasteiger partial charge < -0.3 is 8.83 Å². The van der Waals surface area contributed by atoms with Gasteiger partial charge in [-0.1, -0.05) is 96.8 Å². The molecule has 0 N–H and O–H groups in total. The van der Waals surface area contributed by atoms with Crippen LogP contribution in [0.15, 0.2) is 142 Å². The molecule has 0 atom stereocenters. The lowest BCUT2D eigenvalue weighted by Crippen LogP contribution is -2.06. The lowest BCUT2D eigenvalue weighted by molar-refractivity contribution is 0.669.